The SMILES string of the molecule is COC(=S)NC[C@H]1CN(c2cc(F)c(N3CCN(S(N)(=O)=O)CC3)c(F)c2)C(=O)O1. The van der Waals surface area contributed by atoms with Gasteiger partial charge in [-0.05, 0) is 12.2 Å². The zero-order valence-corrected chi connectivity index (χ0v) is 17.6. The molecule has 0 radical (unpaired) electrons. The lowest BCUT2D eigenvalue weighted by Crippen LogP contribution is -2.51. The Morgan fingerprint density at radius 2 is 1.90 bits per heavy atom. The Morgan fingerprint density at radius 3 is 2.43 bits per heavy atom. The summed E-state index contributed by atoms with van der Waals surface area (Å²) < 4.78 is 63.3. The van der Waals surface area contributed by atoms with Gasteiger partial charge in [0, 0.05) is 38.3 Å². The number of carbonyl (C=O) groups excluding carboxylic acids is 1. The summed E-state index contributed by atoms with van der Waals surface area (Å²) in [4.78, 5) is 14.6. The summed E-state index contributed by atoms with van der Waals surface area (Å²) in [5.74, 6) is -1.74. The molecule has 2 saturated heterocycles. The molecule has 0 spiro atoms. The molecular weight excluding hydrogens is 444 g/mol. The summed E-state index contributed by atoms with van der Waals surface area (Å²) in [5, 5.41) is 7.96. The molecule has 2 aliphatic heterocycles. The van der Waals surface area contributed by atoms with E-state index in [1.54, 1.807) is 0 Å². The number of carbonyl (C=O) groups is 1. The third kappa shape index (κ3) is 4.88. The minimum Gasteiger partial charge on any atom is -0.474 e. The van der Waals surface area contributed by atoms with Gasteiger partial charge in [0.1, 0.15) is 11.8 Å². The van der Waals surface area contributed by atoms with Crippen molar-refractivity contribution >= 4 is 45.1 Å². The molecule has 1 amide bonds. The number of halogens is 2. The van der Waals surface area contributed by atoms with Crippen LogP contribution in [0.1, 0.15) is 0 Å². The first kappa shape index (κ1) is 22.4. The first-order valence-electron chi connectivity index (χ1n) is 8.92. The molecule has 3 rings (SSSR count). The van der Waals surface area contributed by atoms with E-state index in [0.29, 0.717) is 0 Å². The van der Waals surface area contributed by atoms with E-state index < -0.39 is 34.0 Å². The van der Waals surface area contributed by atoms with Crippen molar-refractivity contribution in [3.63, 3.8) is 0 Å². The lowest BCUT2D eigenvalue weighted by molar-refractivity contribution is 0.142. The Morgan fingerprint density at radius 1 is 1.30 bits per heavy atom. The number of hydrogen-bond donors (Lipinski definition) is 2. The Kier molecular flexibility index (Phi) is 6.59. The molecule has 3 N–H and O–H groups in total. The quantitative estimate of drug-likeness (QED) is 0.590. The number of anilines is 2. The van der Waals surface area contributed by atoms with Crippen molar-refractivity contribution in [2.24, 2.45) is 5.14 Å². The average Bonchev–Trinajstić information content (AvgIpc) is 3.06. The zero-order chi connectivity index (χ0) is 22.1. The van der Waals surface area contributed by atoms with Crippen LogP contribution in [0.15, 0.2) is 12.1 Å². The fraction of sp³-hybridized carbons (Fsp3) is 0.500. The van der Waals surface area contributed by atoms with E-state index in [1.807, 2.05) is 0 Å². The molecule has 2 heterocycles. The van der Waals surface area contributed by atoms with Gasteiger partial charge in [-0.15, -0.1) is 0 Å². The fourth-order valence-corrected chi connectivity index (χ4v) is 4.04. The van der Waals surface area contributed by atoms with Crippen LogP contribution in [0.25, 0.3) is 0 Å². The number of amides is 1. The van der Waals surface area contributed by atoms with E-state index >= 15 is 0 Å². The largest absolute Gasteiger partial charge is 0.474 e. The summed E-state index contributed by atoms with van der Waals surface area (Å²) in [6.07, 6.45) is -1.32. The predicted octanol–water partition coefficient (Wildman–Crippen LogP) is 0.136. The number of benzene rings is 1. The molecule has 10 nitrogen and oxygen atoms in total. The van der Waals surface area contributed by atoms with Crippen molar-refractivity contribution < 1.29 is 31.5 Å². The van der Waals surface area contributed by atoms with Crippen molar-refractivity contribution in [1.82, 2.24) is 9.62 Å². The molecule has 14 heteroatoms. The van der Waals surface area contributed by atoms with Crippen LogP contribution in [-0.2, 0) is 19.7 Å². The van der Waals surface area contributed by atoms with Crippen molar-refractivity contribution in [2.75, 3.05) is 56.2 Å². The highest BCUT2D eigenvalue weighted by Gasteiger charge is 2.34. The second-order valence-electron chi connectivity index (χ2n) is 6.68. The van der Waals surface area contributed by atoms with Gasteiger partial charge in [0.05, 0.1) is 25.9 Å². The van der Waals surface area contributed by atoms with Gasteiger partial charge in [-0.25, -0.2) is 18.7 Å². The van der Waals surface area contributed by atoms with Crippen molar-refractivity contribution in [3.8, 4) is 0 Å². The van der Waals surface area contributed by atoms with E-state index in [2.05, 4.69) is 5.32 Å². The third-order valence-electron chi connectivity index (χ3n) is 4.76. The molecule has 0 saturated carbocycles. The molecule has 166 valence electrons. The molecule has 2 aliphatic rings. The van der Waals surface area contributed by atoms with Gasteiger partial charge in [-0.2, -0.15) is 12.7 Å². The maximum atomic E-state index is 14.7. The van der Waals surface area contributed by atoms with Gasteiger partial charge < -0.3 is 19.7 Å². The van der Waals surface area contributed by atoms with Gasteiger partial charge in [0.15, 0.2) is 11.6 Å². The molecule has 1 aromatic carbocycles. The lowest BCUT2D eigenvalue weighted by Gasteiger charge is -2.34. The second-order valence-corrected chi connectivity index (χ2v) is 8.60. The van der Waals surface area contributed by atoms with Gasteiger partial charge in [0.2, 0.25) is 0 Å². The fourth-order valence-electron chi connectivity index (χ4n) is 3.28. The number of hydrogen-bond acceptors (Lipinski definition) is 7. The number of nitrogens with two attached hydrogens (primary N) is 1. The maximum Gasteiger partial charge on any atom is 0.414 e. The Labute approximate surface area is 177 Å². The lowest BCUT2D eigenvalue weighted by atomic mass is 10.2. The number of methoxy groups -OCH3 is 1. The number of piperazine rings is 1. The van der Waals surface area contributed by atoms with Crippen LogP contribution in [0.2, 0.25) is 0 Å². The second kappa shape index (κ2) is 8.83. The minimum atomic E-state index is -3.85. The number of rotatable bonds is 5. The number of cyclic esters (lactones) is 1. The highest BCUT2D eigenvalue weighted by Crippen LogP contribution is 2.31. The summed E-state index contributed by atoms with van der Waals surface area (Å²) in [6, 6.07) is 2.09. The van der Waals surface area contributed by atoms with E-state index in [-0.39, 0.29) is 55.8 Å². The predicted molar refractivity (Wildman–Crippen MR) is 108 cm³/mol. The van der Waals surface area contributed by atoms with Crippen LogP contribution >= 0.6 is 12.2 Å². The first-order chi connectivity index (χ1) is 14.1. The van der Waals surface area contributed by atoms with Gasteiger partial charge >= 0.3 is 6.09 Å². The topological polar surface area (TPSA) is 117 Å². The molecule has 0 aliphatic carbocycles. The van der Waals surface area contributed by atoms with Gasteiger partial charge in [0.25, 0.3) is 15.4 Å². The molecule has 0 aromatic heterocycles. The first-order valence-corrected chi connectivity index (χ1v) is 10.8. The van der Waals surface area contributed by atoms with E-state index in [4.69, 9.17) is 26.8 Å². The maximum absolute atomic E-state index is 14.7. The van der Waals surface area contributed by atoms with Gasteiger partial charge in [-0.1, -0.05) is 0 Å². The standard InChI is InChI=1S/C16H21F2N5O5S2/c1-27-15(29)20-8-11-9-23(16(24)28-11)10-6-12(17)14(13(18)7-10)21-2-4-22(5-3-21)30(19,25)26/h6-7,11H,2-5,8-9H2,1H3,(H,20,29)(H2,19,25,26)/t11-/m0/s1. The van der Waals surface area contributed by atoms with Gasteiger partial charge in [-0.3, -0.25) is 4.90 Å². The molecule has 2 fully saturated rings. The number of nitrogens with zero attached hydrogens (tertiary/aromatic N) is 3. The average molecular weight is 466 g/mol. The summed E-state index contributed by atoms with van der Waals surface area (Å²) in [5.41, 5.74) is -0.275. The molecule has 1 aromatic rings. The molecule has 0 unspecified atom stereocenters. The number of thiocarbonyl (C=S) groups is 1. The van der Waals surface area contributed by atoms with E-state index in [9.17, 15) is 22.0 Å². The van der Waals surface area contributed by atoms with Crippen LogP contribution < -0.4 is 20.3 Å². The number of ether oxygens (including phenoxy) is 2. The van der Waals surface area contributed by atoms with Crippen LogP contribution in [0.3, 0.4) is 0 Å². The minimum absolute atomic E-state index is 0.00985. The molecule has 1 atom stereocenters. The van der Waals surface area contributed by atoms with E-state index in [0.717, 1.165) is 21.3 Å². The Balaban J connectivity index is 1.71. The van der Waals surface area contributed by atoms with Crippen LogP contribution in [0.4, 0.5) is 25.0 Å². The smallest absolute Gasteiger partial charge is 0.414 e. The summed E-state index contributed by atoms with van der Waals surface area (Å²) in [6.45, 7) is 0.423. The number of nitrogens with one attached hydrogen (secondary N) is 1. The third-order valence-corrected chi connectivity index (χ3v) is 6.16. The monoisotopic (exact) mass is 465 g/mol. The van der Waals surface area contributed by atoms with Crippen LogP contribution in [0, 0.1) is 11.6 Å². The van der Waals surface area contributed by atoms with Crippen LogP contribution in [0.5, 0.6) is 0 Å². The highest BCUT2D eigenvalue weighted by atomic mass is 32.2. The van der Waals surface area contributed by atoms with Crippen molar-refractivity contribution in [1.29, 1.82) is 0 Å². The van der Waals surface area contributed by atoms with E-state index in [1.165, 1.54) is 12.0 Å². The molecule has 0 bridgehead atoms. The van der Waals surface area contributed by atoms with Crippen LogP contribution in [-0.4, -0.2) is 76.5 Å². The molecular formula is C16H21F2N5O5S2. The summed E-state index contributed by atoms with van der Waals surface area (Å²) in [7, 11) is -2.46. The van der Waals surface area contributed by atoms with Crippen molar-refractivity contribution in [2.45, 2.75) is 6.10 Å². The normalized spacial score (nSPS) is 20.3. The summed E-state index contributed by atoms with van der Waals surface area (Å²) >= 11 is 4.85. The van der Waals surface area contributed by atoms with Crippen molar-refractivity contribution in [3.05, 3.63) is 23.8 Å². The molecule has 30 heavy (non-hydrogen) atoms. The Bertz CT molecular complexity index is 917. The Hall–Kier alpha value is -2.29. The zero-order valence-electron chi connectivity index (χ0n) is 16.0. The highest BCUT2D eigenvalue weighted by molar-refractivity contribution is 7.86.